The van der Waals surface area contributed by atoms with Crippen LogP contribution in [0.1, 0.15) is 15.9 Å². The number of aromatic hydroxyl groups is 1. The molecule has 0 aliphatic heterocycles. The number of benzene rings is 3. The molecule has 3 aromatic carbocycles. The van der Waals surface area contributed by atoms with Crippen molar-refractivity contribution >= 4 is 33.9 Å². The second-order valence-corrected chi connectivity index (χ2v) is 7.82. The first-order valence-electron chi connectivity index (χ1n) is 11.1. The molecule has 0 radical (unpaired) electrons. The number of nitrogens with zero attached hydrogens (tertiary/aromatic N) is 6. The molecular weight excluding hydrogens is 470 g/mol. The summed E-state index contributed by atoms with van der Waals surface area (Å²) in [5.74, 6) is 0.239. The average molecular weight is 489 g/mol. The van der Waals surface area contributed by atoms with Crippen LogP contribution in [0.2, 0.25) is 0 Å². The van der Waals surface area contributed by atoms with Gasteiger partial charge < -0.3 is 15.2 Å². The second kappa shape index (κ2) is 9.97. The Morgan fingerprint density at radius 3 is 2.62 bits per heavy atom. The van der Waals surface area contributed by atoms with Gasteiger partial charge in [-0.3, -0.25) is 4.79 Å². The molecule has 2 aromatic heterocycles. The van der Waals surface area contributed by atoms with Gasteiger partial charge in [-0.05, 0) is 53.9 Å². The highest BCUT2D eigenvalue weighted by Gasteiger charge is 2.20. The fraction of sp³-hybridized carbons (Fsp3) is 0.0370. The van der Waals surface area contributed by atoms with Gasteiger partial charge >= 0.3 is 0 Å². The van der Waals surface area contributed by atoms with Crippen molar-refractivity contribution in [3.05, 3.63) is 96.3 Å². The predicted molar refractivity (Wildman–Crippen MR) is 137 cm³/mol. The lowest BCUT2D eigenvalue weighted by atomic mass is 10.0. The van der Waals surface area contributed by atoms with Crippen molar-refractivity contribution in [2.45, 2.75) is 0 Å². The Balaban J connectivity index is 1.64. The van der Waals surface area contributed by atoms with Crippen molar-refractivity contribution in [1.82, 2.24) is 14.8 Å². The van der Waals surface area contributed by atoms with E-state index in [-0.39, 0.29) is 28.4 Å². The summed E-state index contributed by atoms with van der Waals surface area (Å²) in [5.41, 5.74) is 0.782. The summed E-state index contributed by atoms with van der Waals surface area (Å²) >= 11 is 0. The van der Waals surface area contributed by atoms with Gasteiger partial charge in [-0.15, -0.1) is 10.2 Å². The molecule has 0 aliphatic rings. The number of azo groups is 1. The van der Waals surface area contributed by atoms with Gasteiger partial charge in [0.2, 0.25) is 0 Å². The molecule has 37 heavy (non-hydrogen) atoms. The van der Waals surface area contributed by atoms with Crippen LogP contribution in [-0.4, -0.2) is 32.9 Å². The average Bonchev–Trinajstić information content (AvgIpc) is 3.36. The number of pyridine rings is 1. The van der Waals surface area contributed by atoms with Gasteiger partial charge in [-0.2, -0.15) is 15.0 Å². The maximum absolute atomic E-state index is 13.1. The van der Waals surface area contributed by atoms with Crippen molar-refractivity contribution in [3.63, 3.8) is 0 Å². The third-order valence-corrected chi connectivity index (χ3v) is 5.54. The molecule has 10 heteroatoms. The quantitative estimate of drug-likeness (QED) is 0.295. The minimum absolute atomic E-state index is 0.00250. The molecule has 0 spiro atoms. The third-order valence-electron chi connectivity index (χ3n) is 5.54. The van der Waals surface area contributed by atoms with Crippen LogP contribution in [0.4, 0.5) is 17.2 Å². The largest absolute Gasteiger partial charge is 0.505 e. The van der Waals surface area contributed by atoms with E-state index in [1.807, 2.05) is 12.1 Å². The first kappa shape index (κ1) is 23.2. The van der Waals surface area contributed by atoms with Crippen LogP contribution in [-0.2, 0) is 0 Å². The Hall–Kier alpha value is -5.56. The molecule has 5 aromatic rings. The lowest BCUT2D eigenvalue weighted by Crippen LogP contribution is -2.12. The maximum atomic E-state index is 13.1. The smallest absolute Gasteiger partial charge is 0.259 e. The first-order chi connectivity index (χ1) is 18.1. The monoisotopic (exact) mass is 489 g/mol. The molecule has 0 unspecified atom stereocenters. The highest BCUT2D eigenvalue weighted by molar-refractivity contribution is 6.11. The predicted octanol–water partition coefficient (Wildman–Crippen LogP) is 5.67. The zero-order chi connectivity index (χ0) is 25.8. The van der Waals surface area contributed by atoms with E-state index in [2.05, 4.69) is 25.6 Å². The van der Waals surface area contributed by atoms with Gasteiger partial charge in [-0.1, -0.05) is 24.3 Å². The topological polar surface area (TPSA) is 138 Å². The van der Waals surface area contributed by atoms with Gasteiger partial charge in [0.1, 0.15) is 23.1 Å². The van der Waals surface area contributed by atoms with E-state index >= 15 is 0 Å². The summed E-state index contributed by atoms with van der Waals surface area (Å²) in [6.07, 6.45) is 2.95. The number of carbonyl (C=O) groups is 1. The fourth-order valence-electron chi connectivity index (χ4n) is 3.74. The number of methoxy groups -OCH3 is 1. The zero-order valence-electron chi connectivity index (χ0n) is 19.5. The molecule has 0 fully saturated rings. The van der Waals surface area contributed by atoms with Crippen LogP contribution < -0.4 is 10.1 Å². The number of aromatic nitrogens is 3. The van der Waals surface area contributed by atoms with Crippen LogP contribution in [0, 0.1) is 11.3 Å². The summed E-state index contributed by atoms with van der Waals surface area (Å²) in [6.45, 7) is 0. The fourth-order valence-corrected chi connectivity index (χ4v) is 3.74. The minimum atomic E-state index is -0.527. The van der Waals surface area contributed by atoms with Gasteiger partial charge in [-0.25, -0.2) is 4.98 Å². The van der Waals surface area contributed by atoms with Crippen LogP contribution in [0.15, 0.2) is 95.4 Å². The molecule has 5 rings (SSSR count). The van der Waals surface area contributed by atoms with Crippen LogP contribution >= 0.6 is 0 Å². The van der Waals surface area contributed by atoms with Crippen molar-refractivity contribution in [2.75, 3.05) is 12.4 Å². The van der Waals surface area contributed by atoms with E-state index in [1.165, 1.54) is 18.0 Å². The number of phenols is 1. The molecule has 2 heterocycles. The number of fused-ring (bicyclic) bond motifs is 1. The number of nitriles is 1. The first-order valence-corrected chi connectivity index (χ1v) is 11.1. The van der Waals surface area contributed by atoms with E-state index in [0.717, 1.165) is 0 Å². The maximum Gasteiger partial charge on any atom is 0.259 e. The van der Waals surface area contributed by atoms with Crippen LogP contribution in [0.5, 0.6) is 11.5 Å². The van der Waals surface area contributed by atoms with Gasteiger partial charge in [0.15, 0.2) is 17.4 Å². The number of amides is 1. The molecule has 0 saturated carbocycles. The lowest BCUT2D eigenvalue weighted by Gasteiger charge is -2.12. The van der Waals surface area contributed by atoms with Crippen molar-refractivity contribution in [1.29, 1.82) is 5.26 Å². The molecule has 0 atom stereocenters. The number of hydrogen-bond acceptors (Lipinski definition) is 8. The standard InChI is InChI=1S/C27H19N7O3/c1-37-20-10-11-21-17(13-20)14-22(27(36)31-19-7-3-2-4-8-19)25(35)24(21)32-33-26-18(15-28)16-30-34(26)23-9-5-6-12-29-23/h2-14,16,35H,1H3,(H,31,36). The summed E-state index contributed by atoms with van der Waals surface area (Å²) in [5, 5.41) is 37.4. The number of rotatable bonds is 6. The SMILES string of the molecule is COc1ccc2c(N=Nc3c(C#N)cnn3-c3ccccn3)c(O)c(C(=O)Nc3ccccc3)cc2c1. The number of hydrogen-bond donors (Lipinski definition) is 2. The van der Waals surface area contributed by atoms with Crippen molar-refractivity contribution in [2.24, 2.45) is 10.2 Å². The molecule has 0 saturated heterocycles. The summed E-state index contributed by atoms with van der Waals surface area (Å²) in [7, 11) is 1.54. The number of ether oxygens (including phenoxy) is 1. The zero-order valence-corrected chi connectivity index (χ0v) is 19.5. The van der Waals surface area contributed by atoms with E-state index < -0.39 is 5.91 Å². The number of para-hydroxylation sites is 1. The van der Waals surface area contributed by atoms with Gasteiger partial charge in [0.05, 0.1) is 18.9 Å². The second-order valence-electron chi connectivity index (χ2n) is 7.82. The number of anilines is 1. The normalized spacial score (nSPS) is 10.9. The Kier molecular flexibility index (Phi) is 6.25. The number of nitrogens with one attached hydrogen (secondary N) is 1. The molecule has 0 aliphatic carbocycles. The molecule has 2 N–H and O–H groups in total. The Morgan fingerprint density at radius 1 is 1.08 bits per heavy atom. The minimum Gasteiger partial charge on any atom is -0.505 e. The van der Waals surface area contributed by atoms with Gasteiger partial charge in [0, 0.05) is 17.3 Å². The molecule has 180 valence electrons. The molecule has 0 bridgehead atoms. The van der Waals surface area contributed by atoms with E-state index in [0.29, 0.717) is 28.0 Å². The van der Waals surface area contributed by atoms with Crippen LogP contribution in [0.25, 0.3) is 16.6 Å². The number of carbonyl (C=O) groups excluding carboxylic acids is 1. The van der Waals surface area contributed by atoms with E-state index in [1.54, 1.807) is 72.9 Å². The Labute approximate surface area is 211 Å². The summed E-state index contributed by atoms with van der Waals surface area (Å²) in [4.78, 5) is 17.4. The van der Waals surface area contributed by atoms with E-state index in [4.69, 9.17) is 4.74 Å². The summed E-state index contributed by atoms with van der Waals surface area (Å²) in [6, 6.07) is 22.9. The third kappa shape index (κ3) is 4.56. The highest BCUT2D eigenvalue weighted by atomic mass is 16.5. The van der Waals surface area contributed by atoms with E-state index in [9.17, 15) is 15.2 Å². The molecule has 10 nitrogen and oxygen atoms in total. The molecule has 1 amide bonds. The summed E-state index contributed by atoms with van der Waals surface area (Å²) < 4.78 is 6.70. The lowest BCUT2D eigenvalue weighted by molar-refractivity contribution is 0.102. The Bertz CT molecular complexity index is 1670. The highest BCUT2D eigenvalue weighted by Crippen LogP contribution is 2.41. The van der Waals surface area contributed by atoms with Crippen molar-refractivity contribution < 1.29 is 14.6 Å². The Morgan fingerprint density at radius 2 is 1.89 bits per heavy atom. The van der Waals surface area contributed by atoms with Crippen LogP contribution in [0.3, 0.4) is 0 Å². The van der Waals surface area contributed by atoms with Crippen molar-refractivity contribution in [3.8, 4) is 23.4 Å². The van der Waals surface area contributed by atoms with Gasteiger partial charge in [0.25, 0.3) is 5.91 Å². The number of phenolic OH excluding ortho intramolecular Hbond substituents is 1. The molecular formula is C27H19N7O3.